The molecule has 0 aliphatic carbocycles. The van der Waals surface area contributed by atoms with Crippen LogP contribution >= 0.6 is 0 Å². The Kier molecular flexibility index (Phi) is 7.20. The maximum atomic E-state index is 12.1. The molecule has 0 heterocycles. The van der Waals surface area contributed by atoms with Crippen LogP contribution in [-0.2, 0) is 14.3 Å². The summed E-state index contributed by atoms with van der Waals surface area (Å²) < 4.78 is 10.5. The van der Waals surface area contributed by atoms with Crippen molar-refractivity contribution in [2.75, 3.05) is 6.61 Å². The van der Waals surface area contributed by atoms with Crippen molar-refractivity contribution in [3.05, 3.63) is 6.42 Å². The first-order chi connectivity index (χ1) is 9.38. The van der Waals surface area contributed by atoms with E-state index >= 15 is 0 Å². The molecule has 1 radical (unpaired) electrons. The quantitative estimate of drug-likeness (QED) is 0.764. The van der Waals surface area contributed by atoms with E-state index in [2.05, 4.69) is 5.32 Å². The van der Waals surface area contributed by atoms with Crippen molar-refractivity contribution >= 4 is 12.1 Å². The molecule has 0 rings (SSSR count). The zero-order valence-electron chi connectivity index (χ0n) is 14.6. The maximum Gasteiger partial charge on any atom is 0.408 e. The molecule has 123 valence electrons. The number of alkyl carbamates (subject to hydrolysis) is 1. The predicted molar refractivity (Wildman–Crippen MR) is 82.7 cm³/mol. The molecule has 21 heavy (non-hydrogen) atoms. The van der Waals surface area contributed by atoms with Gasteiger partial charge in [0.2, 0.25) is 0 Å². The van der Waals surface area contributed by atoms with Crippen LogP contribution in [0.3, 0.4) is 0 Å². The highest BCUT2D eigenvalue weighted by Crippen LogP contribution is 2.19. The number of amides is 1. The minimum atomic E-state index is -0.715. The van der Waals surface area contributed by atoms with E-state index in [-0.39, 0.29) is 17.9 Å². The van der Waals surface area contributed by atoms with Gasteiger partial charge in [0.15, 0.2) is 0 Å². The van der Waals surface area contributed by atoms with Crippen LogP contribution in [0.15, 0.2) is 0 Å². The Bertz CT molecular complexity index is 356. The molecule has 0 bridgehead atoms. The molecule has 0 saturated heterocycles. The fourth-order valence-corrected chi connectivity index (χ4v) is 1.36. The van der Waals surface area contributed by atoms with Gasteiger partial charge in [-0.15, -0.1) is 0 Å². The number of carbonyl (C=O) groups is 2. The largest absolute Gasteiger partial charge is 0.464 e. The third-order valence-electron chi connectivity index (χ3n) is 2.96. The Morgan fingerprint density at radius 1 is 1.14 bits per heavy atom. The van der Waals surface area contributed by atoms with Crippen LogP contribution in [-0.4, -0.2) is 30.3 Å². The molecule has 0 saturated carbocycles. The molecular weight excluding hydrogens is 270 g/mol. The monoisotopic (exact) mass is 300 g/mol. The van der Waals surface area contributed by atoms with Crippen molar-refractivity contribution < 1.29 is 19.1 Å². The van der Waals surface area contributed by atoms with Crippen LogP contribution in [0, 0.1) is 17.8 Å². The van der Waals surface area contributed by atoms with E-state index in [1.165, 1.54) is 0 Å². The zero-order valence-corrected chi connectivity index (χ0v) is 14.6. The van der Waals surface area contributed by atoms with Gasteiger partial charge < -0.3 is 14.8 Å². The first kappa shape index (κ1) is 19.7. The van der Waals surface area contributed by atoms with Crippen molar-refractivity contribution in [1.29, 1.82) is 0 Å². The van der Waals surface area contributed by atoms with Crippen molar-refractivity contribution in [2.45, 2.75) is 67.0 Å². The Morgan fingerprint density at radius 2 is 1.67 bits per heavy atom. The van der Waals surface area contributed by atoms with Crippen LogP contribution in [0.5, 0.6) is 0 Å². The lowest BCUT2D eigenvalue weighted by Crippen LogP contribution is -2.47. The Balaban J connectivity index is 4.62. The Labute approximate surface area is 128 Å². The first-order valence-corrected chi connectivity index (χ1v) is 7.34. The SMILES string of the molecule is C[CH]C(C)(C)COC(=O)C(NC(=O)OC(C)(C)C)C(C)C. The average molecular weight is 300 g/mol. The lowest BCUT2D eigenvalue weighted by Gasteiger charge is -2.27. The summed E-state index contributed by atoms with van der Waals surface area (Å²) in [6, 6.07) is -0.715. The number of hydrogen-bond donors (Lipinski definition) is 1. The predicted octanol–water partition coefficient (Wildman–Crippen LogP) is 3.33. The van der Waals surface area contributed by atoms with E-state index in [0.29, 0.717) is 0 Å². The maximum absolute atomic E-state index is 12.1. The van der Waals surface area contributed by atoms with Gasteiger partial charge in [-0.1, -0.05) is 34.6 Å². The highest BCUT2D eigenvalue weighted by Gasteiger charge is 2.29. The smallest absolute Gasteiger partial charge is 0.408 e. The molecule has 1 atom stereocenters. The van der Waals surface area contributed by atoms with Crippen LogP contribution in [0.2, 0.25) is 0 Å². The number of esters is 1. The van der Waals surface area contributed by atoms with Crippen molar-refractivity contribution in [1.82, 2.24) is 5.32 Å². The molecule has 0 spiro atoms. The van der Waals surface area contributed by atoms with Crippen molar-refractivity contribution in [3.8, 4) is 0 Å². The van der Waals surface area contributed by atoms with Gasteiger partial charge in [0, 0.05) is 5.41 Å². The molecule has 0 aromatic rings. The van der Waals surface area contributed by atoms with Gasteiger partial charge in [-0.25, -0.2) is 9.59 Å². The Morgan fingerprint density at radius 3 is 2.05 bits per heavy atom. The normalized spacial score (nSPS) is 13.8. The van der Waals surface area contributed by atoms with Gasteiger partial charge in [0.05, 0.1) is 6.61 Å². The molecule has 5 nitrogen and oxygen atoms in total. The zero-order chi connectivity index (χ0) is 16.8. The highest BCUT2D eigenvalue weighted by atomic mass is 16.6. The minimum absolute atomic E-state index is 0.0845. The molecule has 5 heteroatoms. The molecular formula is C16H30NO4. The number of hydrogen-bond acceptors (Lipinski definition) is 4. The van der Waals surface area contributed by atoms with E-state index in [0.717, 1.165) is 0 Å². The number of nitrogens with one attached hydrogen (secondary N) is 1. The highest BCUT2D eigenvalue weighted by molar-refractivity contribution is 5.81. The van der Waals surface area contributed by atoms with Gasteiger partial charge in [-0.3, -0.25) is 0 Å². The summed E-state index contributed by atoms with van der Waals surface area (Å²) >= 11 is 0. The van der Waals surface area contributed by atoms with Gasteiger partial charge in [0.1, 0.15) is 11.6 Å². The topological polar surface area (TPSA) is 64.6 Å². The van der Waals surface area contributed by atoms with Crippen LogP contribution in [0.25, 0.3) is 0 Å². The average Bonchev–Trinajstić information content (AvgIpc) is 2.30. The number of ether oxygens (including phenoxy) is 2. The molecule has 1 N–H and O–H groups in total. The summed E-state index contributed by atoms with van der Waals surface area (Å²) in [5, 5.41) is 2.58. The van der Waals surface area contributed by atoms with Crippen LogP contribution in [0.4, 0.5) is 4.79 Å². The molecule has 0 aromatic carbocycles. The fourth-order valence-electron chi connectivity index (χ4n) is 1.36. The van der Waals surface area contributed by atoms with E-state index < -0.39 is 23.7 Å². The van der Waals surface area contributed by atoms with E-state index in [1.807, 2.05) is 41.0 Å². The lowest BCUT2D eigenvalue weighted by molar-refractivity contribution is -0.149. The summed E-state index contributed by atoms with van der Waals surface area (Å²) in [5.74, 6) is -0.524. The van der Waals surface area contributed by atoms with Crippen molar-refractivity contribution in [2.24, 2.45) is 11.3 Å². The van der Waals surface area contributed by atoms with E-state index in [4.69, 9.17) is 9.47 Å². The van der Waals surface area contributed by atoms with Crippen LogP contribution in [0.1, 0.15) is 55.4 Å². The lowest BCUT2D eigenvalue weighted by atomic mass is 9.91. The van der Waals surface area contributed by atoms with E-state index in [1.54, 1.807) is 20.8 Å². The molecule has 0 aromatic heterocycles. The van der Waals surface area contributed by atoms with Gasteiger partial charge >= 0.3 is 12.1 Å². The minimum Gasteiger partial charge on any atom is -0.464 e. The van der Waals surface area contributed by atoms with Gasteiger partial charge in [0.25, 0.3) is 0 Å². The molecule has 1 unspecified atom stereocenters. The molecule has 1 amide bonds. The van der Waals surface area contributed by atoms with E-state index in [9.17, 15) is 9.59 Å². The number of carbonyl (C=O) groups excluding carboxylic acids is 2. The second-order valence-electron chi connectivity index (χ2n) is 7.25. The third-order valence-corrected chi connectivity index (χ3v) is 2.96. The summed E-state index contributed by atoms with van der Waals surface area (Å²) in [5.41, 5.74) is -0.794. The van der Waals surface area contributed by atoms with Gasteiger partial charge in [-0.05, 0) is 33.1 Å². The molecule has 0 aliphatic heterocycles. The summed E-state index contributed by atoms with van der Waals surface area (Å²) in [7, 11) is 0. The second kappa shape index (κ2) is 7.66. The second-order valence-corrected chi connectivity index (χ2v) is 7.25. The standard InChI is InChI=1S/C16H30NO4/c1-9-16(7,8)10-20-13(18)12(11(2)3)17-14(19)21-15(4,5)6/h9,11-12H,10H2,1-8H3,(H,17,19). The summed E-state index contributed by atoms with van der Waals surface area (Å²) in [4.78, 5) is 23.9. The molecule has 0 fully saturated rings. The van der Waals surface area contributed by atoms with Gasteiger partial charge in [-0.2, -0.15) is 0 Å². The Hall–Kier alpha value is -1.26. The number of rotatable bonds is 6. The van der Waals surface area contributed by atoms with Crippen molar-refractivity contribution in [3.63, 3.8) is 0 Å². The summed E-state index contributed by atoms with van der Waals surface area (Å²) in [6.07, 6.45) is 1.37. The summed E-state index contributed by atoms with van der Waals surface area (Å²) in [6.45, 7) is 15.2. The first-order valence-electron chi connectivity index (χ1n) is 7.34. The third kappa shape index (κ3) is 8.58. The van der Waals surface area contributed by atoms with Crippen LogP contribution < -0.4 is 5.32 Å². The molecule has 0 aliphatic rings. The fraction of sp³-hybridized carbons (Fsp3) is 0.812.